The third-order valence-electron chi connectivity index (χ3n) is 4.67. The Kier molecular flexibility index (Phi) is 6.41. The molecule has 3 heterocycles. The lowest BCUT2D eigenvalue weighted by atomic mass is 10.2. The van der Waals surface area contributed by atoms with Crippen LogP contribution in [0.5, 0.6) is 0 Å². The second-order valence-electron chi connectivity index (χ2n) is 8.26. The molecule has 162 valence electrons. The maximum atomic E-state index is 13.2. The second-order valence-corrected chi connectivity index (χ2v) is 13.9. The molecular formula is C19H24F3N5O2Si. The Bertz CT molecular complexity index is 1010. The summed E-state index contributed by atoms with van der Waals surface area (Å²) in [5.74, 6) is 0. The Balaban J connectivity index is 1.83. The van der Waals surface area contributed by atoms with Crippen molar-refractivity contribution in [3.63, 3.8) is 0 Å². The molecule has 0 aromatic carbocycles. The number of carbonyl (C=O) groups excluding carboxylic acids is 1. The number of alkyl halides is 3. The molecule has 0 aliphatic rings. The average molecular weight is 440 g/mol. The Morgan fingerprint density at radius 3 is 2.70 bits per heavy atom. The van der Waals surface area contributed by atoms with Crippen LogP contribution in [0.15, 0.2) is 31.0 Å². The smallest absolute Gasteiger partial charge is 0.361 e. The van der Waals surface area contributed by atoms with Gasteiger partial charge in [-0.3, -0.25) is 4.68 Å². The van der Waals surface area contributed by atoms with Gasteiger partial charge in [0, 0.05) is 44.4 Å². The molecule has 30 heavy (non-hydrogen) atoms. The number of nitrogens with zero attached hydrogens (tertiary/aromatic N) is 5. The van der Waals surface area contributed by atoms with Crippen LogP contribution >= 0.6 is 0 Å². The summed E-state index contributed by atoms with van der Waals surface area (Å²) in [6.45, 7) is 7.83. The number of ether oxygens (including phenoxy) is 1. The molecule has 0 amide bonds. The molecule has 0 aliphatic carbocycles. The molecule has 3 rings (SSSR count). The van der Waals surface area contributed by atoms with E-state index in [2.05, 4.69) is 34.7 Å². The summed E-state index contributed by atoms with van der Waals surface area (Å²) >= 11 is 0. The molecule has 0 N–H and O–H groups in total. The van der Waals surface area contributed by atoms with Crippen LogP contribution in [-0.2, 0) is 16.3 Å². The first kappa shape index (κ1) is 22.2. The Labute approximate surface area is 172 Å². The van der Waals surface area contributed by atoms with Gasteiger partial charge in [-0.1, -0.05) is 19.6 Å². The lowest BCUT2D eigenvalue weighted by Crippen LogP contribution is -2.27. The average Bonchev–Trinajstić information content (AvgIpc) is 3.28. The predicted octanol–water partition coefficient (Wildman–Crippen LogP) is 4.30. The molecule has 3 aromatic rings. The highest BCUT2D eigenvalue weighted by Gasteiger charge is 2.41. The molecule has 0 bridgehead atoms. The number of aromatic nitrogens is 5. The quantitative estimate of drug-likeness (QED) is 0.282. The SMILES string of the molecule is C[Si](C)(C)CCOCn1ccc2c(-c3cnn(C(CC=O)C(F)(F)F)c3)ncnc21. The van der Waals surface area contributed by atoms with E-state index in [4.69, 9.17) is 4.74 Å². The van der Waals surface area contributed by atoms with E-state index >= 15 is 0 Å². The summed E-state index contributed by atoms with van der Waals surface area (Å²) in [5, 5.41) is 4.51. The topological polar surface area (TPSA) is 74.8 Å². The van der Waals surface area contributed by atoms with Gasteiger partial charge in [0.15, 0.2) is 6.04 Å². The van der Waals surface area contributed by atoms with Crippen LogP contribution in [-0.4, -0.2) is 51.5 Å². The number of fused-ring (bicyclic) bond motifs is 1. The zero-order valence-electron chi connectivity index (χ0n) is 17.1. The van der Waals surface area contributed by atoms with Crippen molar-refractivity contribution in [1.82, 2.24) is 24.3 Å². The molecule has 0 fully saturated rings. The lowest BCUT2D eigenvalue weighted by molar-refractivity contribution is -0.172. The van der Waals surface area contributed by atoms with Crippen LogP contribution in [0.4, 0.5) is 13.2 Å². The van der Waals surface area contributed by atoms with Gasteiger partial charge in [0.2, 0.25) is 0 Å². The molecule has 0 saturated carbocycles. The summed E-state index contributed by atoms with van der Waals surface area (Å²) in [4.78, 5) is 19.2. The van der Waals surface area contributed by atoms with Crippen LogP contribution in [0.2, 0.25) is 25.7 Å². The van der Waals surface area contributed by atoms with E-state index in [-0.39, 0.29) is 6.29 Å². The second kappa shape index (κ2) is 8.68. The number of aldehydes is 1. The van der Waals surface area contributed by atoms with Gasteiger partial charge in [0.25, 0.3) is 0 Å². The molecule has 11 heteroatoms. The van der Waals surface area contributed by atoms with E-state index in [0.717, 1.165) is 10.7 Å². The molecule has 0 spiro atoms. The first-order valence-electron chi connectivity index (χ1n) is 9.52. The van der Waals surface area contributed by atoms with Crippen molar-refractivity contribution in [1.29, 1.82) is 0 Å². The van der Waals surface area contributed by atoms with Crippen molar-refractivity contribution in [3.8, 4) is 11.3 Å². The highest BCUT2D eigenvalue weighted by Crippen LogP contribution is 2.34. The van der Waals surface area contributed by atoms with Crippen molar-refractivity contribution >= 4 is 25.4 Å². The van der Waals surface area contributed by atoms with Gasteiger partial charge in [-0.15, -0.1) is 0 Å². The maximum Gasteiger partial charge on any atom is 0.411 e. The molecule has 0 radical (unpaired) electrons. The third kappa shape index (κ3) is 5.14. The van der Waals surface area contributed by atoms with Crippen molar-refractivity contribution in [2.45, 2.75) is 51.1 Å². The summed E-state index contributed by atoms with van der Waals surface area (Å²) in [6.07, 6.45) is 0.701. The molecule has 7 nitrogen and oxygen atoms in total. The van der Waals surface area contributed by atoms with Gasteiger partial charge >= 0.3 is 6.18 Å². The van der Waals surface area contributed by atoms with Gasteiger partial charge in [-0.05, 0) is 12.1 Å². The molecular weight excluding hydrogens is 415 g/mol. The van der Waals surface area contributed by atoms with Gasteiger partial charge in [-0.2, -0.15) is 18.3 Å². The van der Waals surface area contributed by atoms with Crippen molar-refractivity contribution in [2.75, 3.05) is 6.61 Å². The van der Waals surface area contributed by atoms with Gasteiger partial charge < -0.3 is 14.1 Å². The number of halogens is 3. The van der Waals surface area contributed by atoms with Gasteiger partial charge in [0.1, 0.15) is 25.0 Å². The fraction of sp³-hybridized carbons (Fsp3) is 0.474. The van der Waals surface area contributed by atoms with Crippen molar-refractivity contribution in [3.05, 3.63) is 31.0 Å². The van der Waals surface area contributed by atoms with Crippen molar-refractivity contribution in [2.24, 2.45) is 0 Å². The fourth-order valence-electron chi connectivity index (χ4n) is 2.99. The molecule has 1 atom stereocenters. The summed E-state index contributed by atoms with van der Waals surface area (Å²) in [5.41, 5.74) is 1.51. The summed E-state index contributed by atoms with van der Waals surface area (Å²) in [6, 6.07) is 0.842. The lowest BCUT2D eigenvalue weighted by Gasteiger charge is -2.18. The number of rotatable bonds is 9. The number of hydrogen-bond donors (Lipinski definition) is 0. The predicted molar refractivity (Wildman–Crippen MR) is 109 cm³/mol. The van der Waals surface area contributed by atoms with Crippen LogP contribution < -0.4 is 0 Å². The van der Waals surface area contributed by atoms with E-state index in [1.807, 2.05) is 10.8 Å². The minimum atomic E-state index is -4.58. The first-order chi connectivity index (χ1) is 14.1. The highest BCUT2D eigenvalue weighted by molar-refractivity contribution is 6.76. The summed E-state index contributed by atoms with van der Waals surface area (Å²) < 4.78 is 48.0. The number of carbonyl (C=O) groups is 1. The largest absolute Gasteiger partial charge is 0.411 e. The van der Waals surface area contributed by atoms with E-state index in [9.17, 15) is 18.0 Å². The van der Waals surface area contributed by atoms with E-state index in [1.54, 1.807) is 6.07 Å². The first-order valence-corrected chi connectivity index (χ1v) is 13.2. The van der Waals surface area contributed by atoms with E-state index in [1.165, 1.54) is 18.7 Å². The molecule has 1 unspecified atom stereocenters. The van der Waals surface area contributed by atoms with Gasteiger partial charge in [0.05, 0.1) is 11.9 Å². The van der Waals surface area contributed by atoms with Crippen molar-refractivity contribution < 1.29 is 22.7 Å². The van der Waals surface area contributed by atoms with Crippen LogP contribution in [0, 0.1) is 0 Å². The van der Waals surface area contributed by atoms with E-state index in [0.29, 0.717) is 35.6 Å². The van der Waals surface area contributed by atoms with Crippen LogP contribution in [0.25, 0.3) is 22.3 Å². The number of hydrogen-bond acceptors (Lipinski definition) is 5. The van der Waals surface area contributed by atoms with Crippen LogP contribution in [0.3, 0.4) is 0 Å². The third-order valence-corrected chi connectivity index (χ3v) is 6.38. The molecule has 0 aliphatic heterocycles. The standard InChI is InChI=1S/C19H24F3N5O2Si/c1-30(2,3)9-8-29-13-26-6-4-15-17(23-12-24-18(15)26)14-10-25-27(11-14)16(5-7-28)19(20,21)22/h4,6-7,10-12,16H,5,8-9,13H2,1-3H3. The molecule has 0 saturated heterocycles. The Hall–Kier alpha value is -2.53. The van der Waals surface area contributed by atoms with E-state index < -0.39 is 26.7 Å². The Morgan fingerprint density at radius 2 is 2.03 bits per heavy atom. The highest BCUT2D eigenvalue weighted by atomic mass is 28.3. The zero-order valence-corrected chi connectivity index (χ0v) is 18.1. The monoisotopic (exact) mass is 439 g/mol. The zero-order chi connectivity index (χ0) is 21.9. The summed E-state index contributed by atoms with van der Waals surface area (Å²) in [7, 11) is -1.18. The van der Waals surface area contributed by atoms with Crippen LogP contribution in [0.1, 0.15) is 12.5 Å². The molecule has 3 aromatic heterocycles. The fourth-order valence-corrected chi connectivity index (χ4v) is 3.75. The Morgan fingerprint density at radius 1 is 1.27 bits per heavy atom. The van der Waals surface area contributed by atoms with Gasteiger partial charge in [-0.25, -0.2) is 9.97 Å². The minimum Gasteiger partial charge on any atom is -0.361 e. The maximum absolute atomic E-state index is 13.2. The minimum absolute atomic E-state index is 0.241. The normalized spacial score (nSPS) is 13.7.